The highest BCUT2D eigenvalue weighted by Gasteiger charge is 2.09. The predicted octanol–water partition coefficient (Wildman–Crippen LogP) is 3.91. The Balaban J connectivity index is 2.02. The minimum Gasteiger partial charge on any atom is -0.437 e. The third-order valence-corrected chi connectivity index (χ3v) is 3.07. The van der Waals surface area contributed by atoms with E-state index in [1.165, 1.54) is 7.11 Å². The van der Waals surface area contributed by atoms with Gasteiger partial charge >= 0.3 is 6.16 Å². The van der Waals surface area contributed by atoms with Crippen molar-refractivity contribution in [2.24, 2.45) is 0 Å². The Morgan fingerprint density at radius 3 is 2.19 bits per heavy atom. The predicted molar refractivity (Wildman–Crippen MR) is 79.0 cm³/mol. The molecule has 4 nitrogen and oxygen atoms in total. The van der Waals surface area contributed by atoms with Crippen LogP contribution in [-0.4, -0.2) is 19.0 Å². The normalized spacial score (nSPS) is 10.0. The van der Waals surface area contributed by atoms with Crippen LogP contribution in [0.2, 0.25) is 5.02 Å². The summed E-state index contributed by atoms with van der Waals surface area (Å²) in [5.74, 6) is 0.298. The van der Waals surface area contributed by atoms with Gasteiger partial charge < -0.3 is 9.47 Å². The SMILES string of the molecule is COC(=O)Oc1ccc(C(=O)Cc2ccc(Cl)cc2)cc1. The number of carbonyl (C=O) groups excluding carboxylic acids is 2. The van der Waals surface area contributed by atoms with E-state index in [1.54, 1.807) is 36.4 Å². The first-order chi connectivity index (χ1) is 10.1. The number of hydrogen-bond acceptors (Lipinski definition) is 4. The van der Waals surface area contributed by atoms with Gasteiger partial charge in [0.15, 0.2) is 5.78 Å². The number of Topliss-reactive ketones (excluding diaryl/α,β-unsaturated/α-hetero) is 1. The summed E-state index contributed by atoms with van der Waals surface area (Å²) >= 11 is 5.80. The second-order valence-electron chi connectivity index (χ2n) is 4.31. The minimum atomic E-state index is -0.796. The number of benzene rings is 2. The molecule has 0 aliphatic heterocycles. The topological polar surface area (TPSA) is 52.6 Å². The van der Waals surface area contributed by atoms with Gasteiger partial charge in [0.25, 0.3) is 0 Å². The van der Waals surface area contributed by atoms with Crippen molar-refractivity contribution in [2.75, 3.05) is 7.11 Å². The molecule has 2 aromatic rings. The minimum absolute atomic E-state index is 0.0260. The second-order valence-corrected chi connectivity index (χ2v) is 4.74. The molecule has 2 aromatic carbocycles. The Bertz CT molecular complexity index is 632. The molecule has 0 aliphatic carbocycles. The number of rotatable bonds is 4. The molecule has 0 bridgehead atoms. The first-order valence-corrected chi connectivity index (χ1v) is 6.60. The molecule has 108 valence electrons. The molecule has 0 spiro atoms. The van der Waals surface area contributed by atoms with Crippen LogP contribution < -0.4 is 4.74 Å². The van der Waals surface area contributed by atoms with Crippen LogP contribution in [0.3, 0.4) is 0 Å². The number of halogens is 1. The Morgan fingerprint density at radius 2 is 1.62 bits per heavy atom. The number of methoxy groups -OCH3 is 1. The van der Waals surface area contributed by atoms with Crippen molar-refractivity contribution < 1.29 is 19.1 Å². The van der Waals surface area contributed by atoms with Crippen LogP contribution in [0.4, 0.5) is 4.79 Å². The monoisotopic (exact) mass is 304 g/mol. The first-order valence-electron chi connectivity index (χ1n) is 6.22. The molecule has 2 rings (SSSR count). The number of hydrogen-bond donors (Lipinski definition) is 0. The summed E-state index contributed by atoms with van der Waals surface area (Å²) in [7, 11) is 1.23. The highest BCUT2D eigenvalue weighted by Crippen LogP contribution is 2.16. The standard InChI is InChI=1S/C16H13ClO4/c1-20-16(19)21-14-8-4-12(5-9-14)15(18)10-11-2-6-13(17)7-3-11/h2-9H,10H2,1H3. The zero-order chi connectivity index (χ0) is 15.2. The van der Waals surface area contributed by atoms with Crippen molar-refractivity contribution in [2.45, 2.75) is 6.42 Å². The van der Waals surface area contributed by atoms with Gasteiger partial charge in [-0.05, 0) is 42.0 Å². The quantitative estimate of drug-likeness (QED) is 0.488. The molecule has 0 radical (unpaired) electrons. The summed E-state index contributed by atoms with van der Waals surface area (Å²) in [4.78, 5) is 23.1. The average molecular weight is 305 g/mol. The third-order valence-electron chi connectivity index (χ3n) is 2.82. The van der Waals surface area contributed by atoms with E-state index in [9.17, 15) is 9.59 Å². The molecule has 0 aromatic heterocycles. The molecule has 0 unspecified atom stereocenters. The Hall–Kier alpha value is -2.33. The van der Waals surface area contributed by atoms with Crippen molar-refractivity contribution in [3.05, 3.63) is 64.7 Å². The summed E-state index contributed by atoms with van der Waals surface area (Å²) in [6.07, 6.45) is -0.510. The number of ketones is 1. The van der Waals surface area contributed by atoms with Crippen molar-refractivity contribution in [1.82, 2.24) is 0 Å². The van der Waals surface area contributed by atoms with E-state index in [-0.39, 0.29) is 12.2 Å². The lowest BCUT2D eigenvalue weighted by Gasteiger charge is -2.04. The maximum absolute atomic E-state index is 12.1. The van der Waals surface area contributed by atoms with Crippen LogP contribution in [0.15, 0.2) is 48.5 Å². The van der Waals surface area contributed by atoms with E-state index in [0.717, 1.165) is 5.56 Å². The molecule has 0 atom stereocenters. The zero-order valence-electron chi connectivity index (χ0n) is 11.3. The second kappa shape index (κ2) is 6.90. The van der Waals surface area contributed by atoms with Gasteiger partial charge in [0.05, 0.1) is 7.11 Å². The molecular weight excluding hydrogens is 292 g/mol. The van der Waals surface area contributed by atoms with Gasteiger partial charge in [-0.3, -0.25) is 4.79 Å². The smallest absolute Gasteiger partial charge is 0.437 e. The molecule has 0 heterocycles. The van der Waals surface area contributed by atoms with Crippen LogP contribution in [0, 0.1) is 0 Å². The van der Waals surface area contributed by atoms with E-state index in [1.807, 2.05) is 12.1 Å². The highest BCUT2D eigenvalue weighted by molar-refractivity contribution is 6.30. The summed E-state index contributed by atoms with van der Waals surface area (Å²) in [5, 5.41) is 0.635. The lowest BCUT2D eigenvalue weighted by atomic mass is 10.0. The molecule has 0 saturated carbocycles. The number of carbonyl (C=O) groups is 2. The molecule has 0 amide bonds. The van der Waals surface area contributed by atoms with Crippen molar-refractivity contribution >= 4 is 23.5 Å². The van der Waals surface area contributed by atoms with Gasteiger partial charge in [-0.2, -0.15) is 0 Å². The van der Waals surface area contributed by atoms with Crippen LogP contribution in [-0.2, 0) is 11.2 Å². The first kappa shape index (κ1) is 15.1. The zero-order valence-corrected chi connectivity index (χ0v) is 12.1. The summed E-state index contributed by atoms with van der Waals surface area (Å²) in [5.41, 5.74) is 1.43. The molecule has 0 saturated heterocycles. The van der Waals surface area contributed by atoms with E-state index in [0.29, 0.717) is 16.3 Å². The van der Waals surface area contributed by atoms with Gasteiger partial charge in [-0.15, -0.1) is 0 Å². The van der Waals surface area contributed by atoms with E-state index in [4.69, 9.17) is 16.3 Å². The maximum atomic E-state index is 12.1. The van der Waals surface area contributed by atoms with Gasteiger partial charge in [0, 0.05) is 17.0 Å². The van der Waals surface area contributed by atoms with Gasteiger partial charge in [-0.1, -0.05) is 23.7 Å². The highest BCUT2D eigenvalue weighted by atomic mass is 35.5. The fraction of sp³-hybridized carbons (Fsp3) is 0.125. The van der Waals surface area contributed by atoms with Crippen LogP contribution in [0.5, 0.6) is 5.75 Å². The van der Waals surface area contributed by atoms with Crippen molar-refractivity contribution in [3.63, 3.8) is 0 Å². The van der Waals surface area contributed by atoms with Crippen LogP contribution >= 0.6 is 11.6 Å². The fourth-order valence-electron chi connectivity index (χ4n) is 1.74. The molecule has 5 heteroatoms. The largest absolute Gasteiger partial charge is 0.513 e. The van der Waals surface area contributed by atoms with Crippen LogP contribution in [0.1, 0.15) is 15.9 Å². The number of ether oxygens (including phenoxy) is 2. The summed E-state index contributed by atoms with van der Waals surface area (Å²) in [6.45, 7) is 0. The van der Waals surface area contributed by atoms with E-state index >= 15 is 0 Å². The molecular formula is C16H13ClO4. The average Bonchev–Trinajstić information content (AvgIpc) is 2.50. The van der Waals surface area contributed by atoms with E-state index < -0.39 is 6.16 Å². The Morgan fingerprint density at radius 1 is 1.00 bits per heavy atom. The van der Waals surface area contributed by atoms with Gasteiger partial charge in [-0.25, -0.2) is 4.79 Å². The maximum Gasteiger partial charge on any atom is 0.513 e. The third kappa shape index (κ3) is 4.33. The Kier molecular flexibility index (Phi) is 4.95. The van der Waals surface area contributed by atoms with Gasteiger partial charge in [0.2, 0.25) is 0 Å². The summed E-state index contributed by atoms with van der Waals surface area (Å²) in [6, 6.07) is 13.4. The van der Waals surface area contributed by atoms with Gasteiger partial charge in [0.1, 0.15) is 5.75 Å². The lowest BCUT2D eigenvalue weighted by molar-refractivity contribution is 0.0993. The summed E-state index contributed by atoms with van der Waals surface area (Å²) < 4.78 is 9.22. The molecule has 21 heavy (non-hydrogen) atoms. The molecule has 0 fully saturated rings. The molecule has 0 aliphatic rings. The van der Waals surface area contributed by atoms with E-state index in [2.05, 4.69) is 4.74 Å². The molecule has 0 N–H and O–H groups in total. The van der Waals surface area contributed by atoms with Crippen molar-refractivity contribution in [3.8, 4) is 5.75 Å². The van der Waals surface area contributed by atoms with Crippen molar-refractivity contribution in [1.29, 1.82) is 0 Å². The van der Waals surface area contributed by atoms with Crippen LogP contribution in [0.25, 0.3) is 0 Å². The lowest BCUT2D eigenvalue weighted by Crippen LogP contribution is -2.08. The Labute approximate surface area is 127 Å². The fourth-order valence-corrected chi connectivity index (χ4v) is 1.86.